The van der Waals surface area contributed by atoms with E-state index in [0.29, 0.717) is 27.9 Å². The maximum absolute atomic E-state index is 12.5. The summed E-state index contributed by atoms with van der Waals surface area (Å²) in [6, 6.07) is 15.9. The summed E-state index contributed by atoms with van der Waals surface area (Å²) in [6.07, 6.45) is 0. The van der Waals surface area contributed by atoms with Gasteiger partial charge in [0.2, 0.25) is 0 Å². The number of nitrogens with two attached hydrogens (primary N) is 1. The maximum atomic E-state index is 12.5. The maximum Gasteiger partial charge on any atom is 0.280 e. The second-order valence-electron chi connectivity index (χ2n) is 5.07. The summed E-state index contributed by atoms with van der Waals surface area (Å²) >= 11 is 0. The van der Waals surface area contributed by atoms with E-state index in [4.69, 9.17) is 5.73 Å². The smallest absolute Gasteiger partial charge is 0.280 e. The van der Waals surface area contributed by atoms with Gasteiger partial charge in [0, 0.05) is 16.7 Å². The molecule has 0 aliphatic heterocycles. The highest BCUT2D eigenvalue weighted by molar-refractivity contribution is 6.24. The SMILES string of the molecule is Nc1c2c(nn1C(=O)c1ccccc1)-c1ccccc1C2=O. The van der Waals surface area contributed by atoms with Crippen LogP contribution >= 0.6 is 0 Å². The Hall–Kier alpha value is -3.21. The van der Waals surface area contributed by atoms with Gasteiger partial charge in [-0.2, -0.15) is 9.78 Å². The molecule has 0 saturated carbocycles. The van der Waals surface area contributed by atoms with Crippen LogP contribution in [0.5, 0.6) is 0 Å². The molecule has 5 heteroatoms. The molecule has 0 spiro atoms. The molecule has 2 aromatic carbocycles. The monoisotopic (exact) mass is 289 g/mol. The molecular formula is C17H11N3O2. The number of carbonyl (C=O) groups is 2. The first-order valence-electron chi connectivity index (χ1n) is 6.81. The molecule has 4 rings (SSSR count). The molecule has 22 heavy (non-hydrogen) atoms. The minimum Gasteiger partial charge on any atom is -0.383 e. The molecule has 2 N–H and O–H groups in total. The second kappa shape index (κ2) is 4.39. The van der Waals surface area contributed by atoms with Crippen LogP contribution in [0.25, 0.3) is 11.3 Å². The molecule has 106 valence electrons. The van der Waals surface area contributed by atoms with Crippen molar-refractivity contribution < 1.29 is 9.59 Å². The number of benzene rings is 2. The minimum absolute atomic E-state index is 0.0880. The van der Waals surface area contributed by atoms with Crippen LogP contribution in [0.3, 0.4) is 0 Å². The van der Waals surface area contributed by atoms with Gasteiger partial charge in [0.15, 0.2) is 5.78 Å². The zero-order valence-electron chi connectivity index (χ0n) is 11.5. The fraction of sp³-hybridized carbons (Fsp3) is 0. The quantitative estimate of drug-likeness (QED) is 0.583. The van der Waals surface area contributed by atoms with Crippen LogP contribution in [0.4, 0.5) is 5.82 Å². The number of carbonyl (C=O) groups excluding carboxylic acids is 2. The number of fused-ring (bicyclic) bond motifs is 3. The summed E-state index contributed by atoms with van der Waals surface area (Å²) < 4.78 is 1.10. The highest BCUT2D eigenvalue weighted by atomic mass is 16.2. The van der Waals surface area contributed by atoms with Crippen molar-refractivity contribution in [2.75, 3.05) is 5.73 Å². The van der Waals surface area contributed by atoms with Crippen molar-refractivity contribution in [2.45, 2.75) is 0 Å². The van der Waals surface area contributed by atoms with E-state index in [2.05, 4.69) is 5.10 Å². The Morgan fingerprint density at radius 2 is 1.59 bits per heavy atom. The van der Waals surface area contributed by atoms with Gasteiger partial charge in [0.1, 0.15) is 11.5 Å². The predicted octanol–water partition coefficient (Wildman–Crippen LogP) is 2.37. The van der Waals surface area contributed by atoms with Crippen molar-refractivity contribution >= 4 is 17.5 Å². The van der Waals surface area contributed by atoms with E-state index < -0.39 is 0 Å². The Labute approximate surface area is 126 Å². The summed E-state index contributed by atoms with van der Waals surface area (Å²) in [4.78, 5) is 24.9. The standard InChI is InChI=1S/C17H11N3O2/c18-16-13-14(11-8-4-5-9-12(11)15(13)21)19-20(16)17(22)10-6-2-1-3-7-10/h1-9H,18H2. The normalized spacial score (nSPS) is 12.1. The Bertz CT molecular complexity index is 926. The van der Waals surface area contributed by atoms with Crippen LogP contribution in [-0.2, 0) is 0 Å². The highest BCUT2D eigenvalue weighted by Crippen LogP contribution is 2.38. The summed E-state index contributed by atoms with van der Waals surface area (Å²) in [5, 5.41) is 4.28. The van der Waals surface area contributed by atoms with Crippen molar-refractivity contribution in [3.05, 3.63) is 71.3 Å². The molecule has 1 aromatic heterocycles. The fourth-order valence-corrected chi connectivity index (χ4v) is 2.72. The largest absolute Gasteiger partial charge is 0.383 e. The summed E-state index contributed by atoms with van der Waals surface area (Å²) in [5.74, 6) is -0.446. The minimum atomic E-state index is -0.349. The van der Waals surface area contributed by atoms with E-state index in [1.807, 2.05) is 18.2 Å². The molecule has 1 heterocycles. The van der Waals surface area contributed by atoms with E-state index >= 15 is 0 Å². The third kappa shape index (κ3) is 1.56. The van der Waals surface area contributed by atoms with E-state index in [0.717, 1.165) is 4.68 Å². The molecule has 0 saturated heterocycles. The van der Waals surface area contributed by atoms with Gasteiger partial charge >= 0.3 is 0 Å². The summed E-state index contributed by atoms with van der Waals surface area (Å²) in [5.41, 5.74) is 8.57. The summed E-state index contributed by atoms with van der Waals surface area (Å²) in [6.45, 7) is 0. The first-order valence-corrected chi connectivity index (χ1v) is 6.81. The van der Waals surface area contributed by atoms with Gasteiger partial charge in [-0.05, 0) is 12.1 Å². The first kappa shape index (κ1) is 12.5. The van der Waals surface area contributed by atoms with Crippen LogP contribution in [0.15, 0.2) is 54.6 Å². The van der Waals surface area contributed by atoms with Gasteiger partial charge in [-0.3, -0.25) is 9.59 Å². The first-order chi connectivity index (χ1) is 10.7. The van der Waals surface area contributed by atoms with Crippen LogP contribution in [0, 0.1) is 0 Å². The van der Waals surface area contributed by atoms with Gasteiger partial charge in [-0.1, -0.05) is 42.5 Å². The van der Waals surface area contributed by atoms with Gasteiger partial charge in [-0.25, -0.2) is 0 Å². The molecule has 0 bridgehead atoms. The Morgan fingerprint density at radius 3 is 2.32 bits per heavy atom. The van der Waals surface area contributed by atoms with E-state index in [9.17, 15) is 9.59 Å². The molecule has 1 aliphatic rings. The number of ketones is 1. The third-order valence-electron chi connectivity index (χ3n) is 3.79. The molecule has 0 radical (unpaired) electrons. The van der Waals surface area contributed by atoms with Crippen molar-refractivity contribution in [3.8, 4) is 11.3 Å². The molecule has 0 fully saturated rings. The Balaban J connectivity index is 1.89. The molecule has 3 aromatic rings. The molecule has 5 nitrogen and oxygen atoms in total. The average Bonchev–Trinajstić information content (AvgIpc) is 3.05. The number of nitrogens with zero attached hydrogens (tertiary/aromatic N) is 2. The molecule has 0 atom stereocenters. The van der Waals surface area contributed by atoms with E-state index in [-0.39, 0.29) is 17.5 Å². The number of anilines is 1. The van der Waals surface area contributed by atoms with Crippen LogP contribution in [0.2, 0.25) is 0 Å². The lowest BCUT2D eigenvalue weighted by Gasteiger charge is -2.04. The van der Waals surface area contributed by atoms with Crippen LogP contribution in [0.1, 0.15) is 26.3 Å². The topological polar surface area (TPSA) is 78.0 Å². The average molecular weight is 289 g/mol. The number of aromatic nitrogens is 2. The van der Waals surface area contributed by atoms with E-state index in [1.165, 1.54) is 0 Å². The van der Waals surface area contributed by atoms with Gasteiger partial charge in [0.25, 0.3) is 5.91 Å². The Morgan fingerprint density at radius 1 is 0.955 bits per heavy atom. The molecule has 0 unspecified atom stereocenters. The highest BCUT2D eigenvalue weighted by Gasteiger charge is 2.34. The van der Waals surface area contributed by atoms with Crippen LogP contribution in [-0.4, -0.2) is 21.5 Å². The zero-order valence-corrected chi connectivity index (χ0v) is 11.5. The van der Waals surface area contributed by atoms with Gasteiger partial charge < -0.3 is 5.73 Å². The molecule has 0 amide bonds. The summed E-state index contributed by atoms with van der Waals surface area (Å²) in [7, 11) is 0. The number of hydrogen-bond donors (Lipinski definition) is 1. The predicted molar refractivity (Wildman–Crippen MR) is 81.7 cm³/mol. The second-order valence-corrected chi connectivity index (χ2v) is 5.07. The number of nitrogen functional groups attached to an aromatic ring is 1. The van der Waals surface area contributed by atoms with Crippen molar-refractivity contribution in [1.82, 2.24) is 9.78 Å². The van der Waals surface area contributed by atoms with Gasteiger partial charge in [0.05, 0.1) is 5.56 Å². The molecule has 1 aliphatic carbocycles. The lowest BCUT2D eigenvalue weighted by Crippen LogP contribution is -2.17. The van der Waals surface area contributed by atoms with Crippen molar-refractivity contribution in [3.63, 3.8) is 0 Å². The van der Waals surface area contributed by atoms with E-state index in [1.54, 1.807) is 36.4 Å². The number of rotatable bonds is 1. The molecular weight excluding hydrogens is 278 g/mol. The zero-order chi connectivity index (χ0) is 15.3. The Kier molecular flexibility index (Phi) is 2.50. The third-order valence-corrected chi connectivity index (χ3v) is 3.79. The van der Waals surface area contributed by atoms with Crippen LogP contribution < -0.4 is 5.73 Å². The van der Waals surface area contributed by atoms with Gasteiger partial charge in [-0.15, -0.1) is 0 Å². The lowest BCUT2D eigenvalue weighted by atomic mass is 10.1. The van der Waals surface area contributed by atoms with Crippen molar-refractivity contribution in [2.24, 2.45) is 0 Å². The fourth-order valence-electron chi connectivity index (χ4n) is 2.72. The number of hydrogen-bond acceptors (Lipinski definition) is 4. The van der Waals surface area contributed by atoms with Crippen molar-refractivity contribution in [1.29, 1.82) is 0 Å². The lowest BCUT2D eigenvalue weighted by molar-refractivity contribution is 0.0948.